The van der Waals surface area contributed by atoms with Crippen molar-refractivity contribution in [3.63, 3.8) is 0 Å². The van der Waals surface area contributed by atoms with Crippen molar-refractivity contribution in [2.75, 3.05) is 0 Å². The lowest BCUT2D eigenvalue weighted by Gasteiger charge is -1.96. The summed E-state index contributed by atoms with van der Waals surface area (Å²) in [6.45, 7) is -1.66. The van der Waals surface area contributed by atoms with Crippen molar-refractivity contribution in [2.24, 2.45) is 6.98 Å². The van der Waals surface area contributed by atoms with Gasteiger partial charge < -0.3 is 0 Å². The molecule has 0 amide bonds. The number of fused-ring (bicyclic) bond motifs is 7. The largest absolute Gasteiger partial charge is 0.292 e. The lowest BCUT2D eigenvalue weighted by atomic mass is 10.2. The van der Waals surface area contributed by atoms with Crippen molar-refractivity contribution < 1.29 is 8.68 Å². The number of nitrogens with zero attached hydrogens (tertiary/aromatic N) is 5. The van der Waals surface area contributed by atoms with Crippen molar-refractivity contribution in [2.45, 2.75) is 6.54 Å². The minimum absolute atomic E-state index is 0.588. The number of pyridine rings is 1. The number of imidazole rings is 1. The number of aryl methyl sites for hydroxylation is 1. The maximum Gasteiger partial charge on any atom is 0.292 e. The zero-order valence-electron chi connectivity index (χ0n) is 13.5. The van der Waals surface area contributed by atoms with Crippen molar-refractivity contribution in [3.05, 3.63) is 48.4 Å². The molecule has 5 rings (SSSR count). The van der Waals surface area contributed by atoms with E-state index in [0.717, 1.165) is 22.2 Å². The van der Waals surface area contributed by atoms with Gasteiger partial charge >= 0.3 is 0 Å². The van der Waals surface area contributed by atoms with Crippen LogP contribution in [0, 0.1) is 0 Å². The molecule has 1 aliphatic rings. The van der Waals surface area contributed by atoms with Gasteiger partial charge in [0.2, 0.25) is 5.82 Å². The molecule has 0 N–H and O–H groups in total. The van der Waals surface area contributed by atoms with Crippen LogP contribution in [0.4, 0.5) is 0 Å². The van der Waals surface area contributed by atoms with Gasteiger partial charge in [0.15, 0.2) is 5.52 Å². The van der Waals surface area contributed by atoms with E-state index in [1.807, 2.05) is 28.8 Å². The van der Waals surface area contributed by atoms with E-state index < -0.39 is 6.98 Å². The minimum atomic E-state index is -2.30. The topological polar surface area (TPSA) is 39.0 Å². The molecule has 0 fully saturated rings. The second-order valence-corrected chi connectivity index (χ2v) is 4.99. The smallest absolute Gasteiger partial charge is 0.264 e. The maximum atomic E-state index is 8.02. The summed E-state index contributed by atoms with van der Waals surface area (Å²) in [6.07, 6.45) is 5.13. The fourth-order valence-electron chi connectivity index (χ4n) is 3.09. The summed E-state index contributed by atoms with van der Waals surface area (Å²) in [5.74, 6) is 0.665. The minimum Gasteiger partial charge on any atom is -0.264 e. The second kappa shape index (κ2) is 3.25. The third-order valence-electron chi connectivity index (χ3n) is 3.94. The van der Waals surface area contributed by atoms with Crippen LogP contribution in [0.15, 0.2) is 42.9 Å². The van der Waals surface area contributed by atoms with Crippen LogP contribution in [0.1, 0.15) is 9.68 Å². The van der Waals surface area contributed by atoms with Gasteiger partial charge in [0, 0.05) is 24.0 Å². The lowest BCUT2D eigenvalue weighted by molar-refractivity contribution is -0.636. The maximum absolute atomic E-state index is 8.02. The molecule has 4 aromatic heterocycles. The van der Waals surface area contributed by atoms with Crippen LogP contribution in [-0.2, 0) is 13.5 Å². The molecule has 0 aliphatic carbocycles. The summed E-state index contributed by atoms with van der Waals surface area (Å²) in [7, 11) is 0. The first-order chi connectivity index (χ1) is 11.1. The third-order valence-corrected chi connectivity index (χ3v) is 3.94. The summed E-state index contributed by atoms with van der Waals surface area (Å²) in [4.78, 5) is 4.16. The van der Waals surface area contributed by atoms with Gasteiger partial charge in [-0.25, -0.2) is 9.13 Å². The Morgan fingerprint density at radius 3 is 3.30 bits per heavy atom. The Balaban J connectivity index is 2.01. The Kier molecular flexibility index (Phi) is 1.27. The van der Waals surface area contributed by atoms with E-state index in [9.17, 15) is 0 Å². The standard InChI is InChI=1S/C15H12N5/c1-18-14-12-8-16-6-4-10(12)9-19(14)13-7-11-3-2-5-17-20(11)15(13)18/h2-8H,9H2,1H3/q+1/i1D3. The molecule has 0 spiro atoms. The van der Waals surface area contributed by atoms with Crippen molar-refractivity contribution in [1.29, 1.82) is 0 Å². The normalized spacial score (nSPS) is 15.9. The molecule has 4 aromatic rings. The van der Waals surface area contributed by atoms with Crippen LogP contribution in [0.2, 0.25) is 0 Å². The average Bonchev–Trinajstić information content (AvgIpc) is 3.13. The van der Waals surface area contributed by atoms with E-state index in [1.54, 1.807) is 23.1 Å². The zero-order chi connectivity index (χ0) is 15.8. The van der Waals surface area contributed by atoms with E-state index in [2.05, 4.69) is 10.1 Å². The van der Waals surface area contributed by atoms with Gasteiger partial charge in [0.05, 0.1) is 29.4 Å². The molecule has 0 atom stereocenters. The first kappa shape index (κ1) is 7.79. The highest BCUT2D eigenvalue weighted by Gasteiger charge is 2.32. The van der Waals surface area contributed by atoms with E-state index in [0.29, 0.717) is 18.0 Å². The first-order valence-corrected chi connectivity index (χ1v) is 6.40. The van der Waals surface area contributed by atoms with Gasteiger partial charge in [-0.05, 0) is 18.2 Å². The molecule has 0 saturated heterocycles. The van der Waals surface area contributed by atoms with Gasteiger partial charge in [0.25, 0.3) is 5.65 Å². The molecule has 0 radical (unpaired) electrons. The molecule has 5 heteroatoms. The molecule has 96 valence electrons. The second-order valence-electron chi connectivity index (χ2n) is 4.99. The molecule has 20 heavy (non-hydrogen) atoms. The first-order valence-electron chi connectivity index (χ1n) is 7.90. The van der Waals surface area contributed by atoms with Crippen molar-refractivity contribution >= 4 is 16.7 Å². The molecular weight excluding hydrogens is 250 g/mol. The molecule has 0 saturated carbocycles. The summed E-state index contributed by atoms with van der Waals surface area (Å²) in [6, 6.07) is 7.68. The van der Waals surface area contributed by atoms with Gasteiger partial charge in [0.1, 0.15) is 5.52 Å². The van der Waals surface area contributed by atoms with E-state index in [1.165, 1.54) is 4.57 Å². The van der Waals surface area contributed by atoms with Crippen LogP contribution in [0.5, 0.6) is 0 Å². The van der Waals surface area contributed by atoms with Crippen LogP contribution in [0.3, 0.4) is 0 Å². The van der Waals surface area contributed by atoms with Gasteiger partial charge in [-0.1, -0.05) is 0 Å². The van der Waals surface area contributed by atoms with Crippen LogP contribution in [-0.4, -0.2) is 19.2 Å². The third kappa shape index (κ3) is 1.02. The van der Waals surface area contributed by atoms with Gasteiger partial charge in [-0.3, -0.25) is 4.98 Å². The fourth-order valence-corrected chi connectivity index (χ4v) is 3.09. The SMILES string of the molecule is [2H]C([2H])([2H])[n+]1c2n(c3cc4cccnn4c31)Cc1ccncc1-2. The predicted octanol–water partition coefficient (Wildman–Crippen LogP) is 1.54. The van der Waals surface area contributed by atoms with Gasteiger partial charge in [-0.15, -0.1) is 9.61 Å². The van der Waals surface area contributed by atoms with Crippen LogP contribution in [0.25, 0.3) is 28.1 Å². The highest BCUT2D eigenvalue weighted by atomic mass is 15.3. The fraction of sp³-hybridized carbons (Fsp3) is 0.133. The molecule has 5 nitrogen and oxygen atoms in total. The van der Waals surface area contributed by atoms with Gasteiger partial charge in [-0.2, -0.15) is 0 Å². The van der Waals surface area contributed by atoms with E-state index in [4.69, 9.17) is 4.11 Å². The molecule has 0 aromatic carbocycles. The quantitative estimate of drug-likeness (QED) is 0.398. The molecule has 1 aliphatic heterocycles. The molecule has 0 bridgehead atoms. The Morgan fingerprint density at radius 2 is 2.35 bits per heavy atom. The zero-order valence-corrected chi connectivity index (χ0v) is 10.5. The monoisotopic (exact) mass is 265 g/mol. The van der Waals surface area contributed by atoms with Crippen LogP contribution >= 0.6 is 0 Å². The summed E-state index contributed by atoms with van der Waals surface area (Å²) in [5.41, 5.74) is 4.28. The molecule has 5 heterocycles. The Bertz CT molecular complexity index is 1090. The summed E-state index contributed by atoms with van der Waals surface area (Å²) < 4.78 is 29.2. The number of hydrogen-bond acceptors (Lipinski definition) is 2. The van der Waals surface area contributed by atoms with Crippen molar-refractivity contribution in [3.8, 4) is 11.4 Å². The number of rotatable bonds is 0. The number of aromatic nitrogens is 5. The molecular formula is C15H12N5+. The highest BCUT2D eigenvalue weighted by Crippen LogP contribution is 2.33. The predicted molar refractivity (Wildman–Crippen MR) is 74.2 cm³/mol. The Morgan fingerprint density at radius 1 is 1.35 bits per heavy atom. The number of hydrogen-bond donors (Lipinski definition) is 0. The van der Waals surface area contributed by atoms with E-state index >= 15 is 0 Å². The highest BCUT2D eigenvalue weighted by molar-refractivity contribution is 5.83. The van der Waals surface area contributed by atoms with Crippen molar-refractivity contribution in [1.82, 2.24) is 19.2 Å². The lowest BCUT2D eigenvalue weighted by Crippen LogP contribution is -2.31. The summed E-state index contributed by atoms with van der Waals surface area (Å²) in [5, 5.41) is 4.33. The van der Waals surface area contributed by atoms with Crippen LogP contribution < -0.4 is 4.57 Å². The Labute approximate surface area is 118 Å². The molecule has 0 unspecified atom stereocenters. The average molecular weight is 265 g/mol. The summed E-state index contributed by atoms with van der Waals surface area (Å²) >= 11 is 0. The van der Waals surface area contributed by atoms with E-state index in [-0.39, 0.29) is 0 Å². The Hall–Kier alpha value is -2.69.